The van der Waals surface area contributed by atoms with Crippen LogP contribution in [0.25, 0.3) is 10.8 Å². The summed E-state index contributed by atoms with van der Waals surface area (Å²) in [5, 5.41) is 2.27. The second-order valence-corrected chi connectivity index (χ2v) is 10.8. The Labute approximate surface area is 242 Å². The highest BCUT2D eigenvalue weighted by molar-refractivity contribution is 5.96. The highest BCUT2D eigenvalue weighted by atomic mass is 16.7. The summed E-state index contributed by atoms with van der Waals surface area (Å²) in [5.41, 5.74) is 3.21. The topological polar surface area (TPSA) is 83.5 Å². The molecule has 5 rings (SSSR count). The first-order valence-corrected chi connectivity index (χ1v) is 14.1. The van der Waals surface area contributed by atoms with Crippen LogP contribution in [-0.4, -0.2) is 99.0 Å². The van der Waals surface area contributed by atoms with Crippen molar-refractivity contribution in [3.63, 3.8) is 0 Å². The molecule has 0 aliphatic carbocycles. The van der Waals surface area contributed by atoms with Crippen molar-refractivity contribution in [2.75, 3.05) is 77.1 Å². The summed E-state index contributed by atoms with van der Waals surface area (Å²) in [5.74, 6) is 1.65. The predicted molar refractivity (Wildman–Crippen MR) is 161 cm³/mol. The second kappa shape index (κ2) is 12.7. The van der Waals surface area contributed by atoms with Gasteiger partial charge in [-0.1, -0.05) is 30.8 Å². The molecule has 0 bridgehead atoms. The first kappa shape index (κ1) is 28.6. The van der Waals surface area contributed by atoms with Gasteiger partial charge >= 0.3 is 6.01 Å². The molecule has 0 spiro atoms. The minimum Gasteiger partial charge on any atom is -0.467 e. The molecule has 1 amide bonds. The summed E-state index contributed by atoms with van der Waals surface area (Å²) in [4.78, 5) is 30.6. The maximum atomic E-state index is 12.2. The average Bonchev–Trinajstić information content (AvgIpc) is 2.98. The van der Waals surface area contributed by atoms with Gasteiger partial charge in [-0.25, -0.2) is 0 Å². The number of carbonyl (C=O) groups excluding carboxylic acids is 1. The van der Waals surface area contributed by atoms with Gasteiger partial charge in [0.05, 0.1) is 12.2 Å². The predicted octanol–water partition coefficient (Wildman–Crippen LogP) is 3.34. The van der Waals surface area contributed by atoms with Crippen molar-refractivity contribution in [1.82, 2.24) is 19.8 Å². The van der Waals surface area contributed by atoms with Crippen LogP contribution in [0.3, 0.4) is 0 Å². The van der Waals surface area contributed by atoms with E-state index in [2.05, 4.69) is 45.5 Å². The van der Waals surface area contributed by atoms with Crippen LogP contribution in [0.5, 0.6) is 11.8 Å². The number of anilines is 2. The van der Waals surface area contributed by atoms with E-state index in [9.17, 15) is 4.79 Å². The number of rotatable bonds is 10. The molecular weight excluding hydrogens is 520 g/mol. The standard InChI is InChI=1S/C31H40N6O4/c1-6-29(38)35-13-15-36(16-14-35)30-26-11-12-37(20-27(26)32-31(33-30)41-22(2)19-34(3)4)28-18-24(40-21-39-5)17-23-9-7-8-10-25(23)28/h6-10,17-18,22H,1,11-16,19-21H2,2-5H3/t22-/m1/s1. The first-order chi connectivity index (χ1) is 19.9. The molecule has 1 atom stereocenters. The number of piperazine rings is 1. The Morgan fingerprint density at radius 3 is 2.61 bits per heavy atom. The monoisotopic (exact) mass is 560 g/mol. The molecule has 0 saturated carbocycles. The van der Waals surface area contributed by atoms with Crippen LogP contribution in [0.2, 0.25) is 0 Å². The fraction of sp³-hybridized carbons (Fsp3) is 0.452. The van der Waals surface area contributed by atoms with E-state index in [0.717, 1.165) is 58.8 Å². The average molecular weight is 561 g/mol. The Hall–Kier alpha value is -3.89. The summed E-state index contributed by atoms with van der Waals surface area (Å²) in [7, 11) is 5.67. The van der Waals surface area contributed by atoms with Crippen LogP contribution in [0, 0.1) is 0 Å². The molecule has 218 valence electrons. The molecule has 1 fully saturated rings. The summed E-state index contributed by atoms with van der Waals surface area (Å²) in [6.07, 6.45) is 2.10. The summed E-state index contributed by atoms with van der Waals surface area (Å²) >= 11 is 0. The van der Waals surface area contributed by atoms with Gasteiger partial charge in [0, 0.05) is 69.1 Å². The van der Waals surface area contributed by atoms with Gasteiger partial charge in [0.2, 0.25) is 5.91 Å². The minimum atomic E-state index is -0.0730. The van der Waals surface area contributed by atoms with Gasteiger partial charge < -0.3 is 33.8 Å². The third kappa shape index (κ3) is 6.55. The lowest BCUT2D eigenvalue weighted by atomic mass is 10.0. The van der Waals surface area contributed by atoms with Crippen molar-refractivity contribution in [1.29, 1.82) is 0 Å². The molecule has 0 unspecified atom stereocenters. The number of fused-ring (bicyclic) bond motifs is 2. The van der Waals surface area contributed by atoms with Crippen LogP contribution < -0.4 is 19.3 Å². The van der Waals surface area contributed by atoms with Crippen molar-refractivity contribution in [3.05, 3.63) is 60.3 Å². The molecule has 41 heavy (non-hydrogen) atoms. The number of amides is 1. The normalized spacial score (nSPS) is 16.1. The van der Waals surface area contributed by atoms with E-state index in [1.165, 1.54) is 6.08 Å². The van der Waals surface area contributed by atoms with E-state index in [4.69, 9.17) is 24.2 Å². The van der Waals surface area contributed by atoms with E-state index in [0.29, 0.717) is 38.7 Å². The molecule has 10 nitrogen and oxygen atoms in total. The lowest BCUT2D eigenvalue weighted by Crippen LogP contribution is -2.49. The SMILES string of the molecule is C=CC(=O)N1CCN(c2nc(O[C@H](C)CN(C)C)nc3c2CCN(c2cc(OCOC)cc4ccccc24)C3)CC1. The molecule has 1 saturated heterocycles. The first-order valence-electron chi connectivity index (χ1n) is 14.1. The zero-order valence-corrected chi connectivity index (χ0v) is 24.5. The Morgan fingerprint density at radius 1 is 1.10 bits per heavy atom. The Balaban J connectivity index is 1.48. The van der Waals surface area contributed by atoms with Gasteiger partial charge in [-0.15, -0.1) is 0 Å². The van der Waals surface area contributed by atoms with Gasteiger partial charge in [0.15, 0.2) is 6.79 Å². The van der Waals surface area contributed by atoms with Crippen LogP contribution in [0.15, 0.2) is 49.1 Å². The minimum absolute atomic E-state index is 0.0320. The molecule has 2 aliphatic rings. The summed E-state index contributed by atoms with van der Waals surface area (Å²) < 4.78 is 17.3. The van der Waals surface area contributed by atoms with Crippen LogP contribution in [0.4, 0.5) is 11.5 Å². The number of carbonyl (C=O) groups is 1. The number of likely N-dealkylation sites (N-methyl/N-ethyl adjacent to an activating group) is 1. The Morgan fingerprint density at radius 2 is 1.88 bits per heavy atom. The largest absolute Gasteiger partial charge is 0.467 e. The van der Waals surface area contributed by atoms with Gasteiger partial charge in [-0.2, -0.15) is 9.97 Å². The summed E-state index contributed by atoms with van der Waals surface area (Å²) in [6.45, 7) is 10.7. The number of ether oxygens (including phenoxy) is 3. The van der Waals surface area contributed by atoms with E-state index >= 15 is 0 Å². The molecule has 3 aromatic rings. The number of nitrogens with zero attached hydrogens (tertiary/aromatic N) is 6. The molecule has 10 heteroatoms. The molecule has 2 aliphatic heterocycles. The van der Waals surface area contributed by atoms with Gasteiger partial charge in [-0.05, 0) is 45.0 Å². The lowest BCUT2D eigenvalue weighted by molar-refractivity contribution is -0.126. The molecule has 3 heterocycles. The quantitative estimate of drug-likeness (QED) is 0.274. The second-order valence-electron chi connectivity index (χ2n) is 10.8. The highest BCUT2D eigenvalue weighted by Gasteiger charge is 2.29. The Kier molecular flexibility index (Phi) is 8.90. The molecule has 2 aromatic carbocycles. The highest BCUT2D eigenvalue weighted by Crippen LogP contribution is 2.37. The molecular formula is C31H40N6O4. The maximum Gasteiger partial charge on any atom is 0.318 e. The number of hydrogen-bond acceptors (Lipinski definition) is 9. The van der Waals surface area contributed by atoms with E-state index in [-0.39, 0.29) is 18.8 Å². The van der Waals surface area contributed by atoms with E-state index in [1.807, 2.05) is 38.1 Å². The number of methoxy groups -OCH3 is 1. The maximum absolute atomic E-state index is 12.2. The van der Waals surface area contributed by atoms with Crippen molar-refractivity contribution in [3.8, 4) is 11.8 Å². The van der Waals surface area contributed by atoms with Crippen molar-refractivity contribution < 1.29 is 19.0 Å². The molecule has 1 aromatic heterocycles. The third-order valence-electron chi connectivity index (χ3n) is 7.51. The van der Waals surface area contributed by atoms with Gasteiger partial charge in [0.25, 0.3) is 0 Å². The number of benzene rings is 2. The Bertz CT molecular complexity index is 1390. The van der Waals surface area contributed by atoms with Crippen LogP contribution >= 0.6 is 0 Å². The van der Waals surface area contributed by atoms with E-state index in [1.54, 1.807) is 7.11 Å². The van der Waals surface area contributed by atoms with Crippen molar-refractivity contribution >= 4 is 28.2 Å². The van der Waals surface area contributed by atoms with Crippen molar-refractivity contribution in [2.45, 2.75) is 26.0 Å². The zero-order valence-electron chi connectivity index (χ0n) is 24.5. The van der Waals surface area contributed by atoms with Crippen LogP contribution in [-0.2, 0) is 22.5 Å². The lowest BCUT2D eigenvalue weighted by Gasteiger charge is -2.38. The fourth-order valence-corrected chi connectivity index (χ4v) is 5.64. The van der Waals surface area contributed by atoms with Gasteiger partial charge in [-0.3, -0.25) is 4.79 Å². The molecule has 0 radical (unpaired) electrons. The number of aromatic nitrogens is 2. The summed E-state index contributed by atoms with van der Waals surface area (Å²) in [6, 6.07) is 12.9. The smallest absolute Gasteiger partial charge is 0.318 e. The van der Waals surface area contributed by atoms with Gasteiger partial charge in [0.1, 0.15) is 17.7 Å². The van der Waals surface area contributed by atoms with E-state index < -0.39 is 0 Å². The van der Waals surface area contributed by atoms with Crippen LogP contribution in [0.1, 0.15) is 18.2 Å². The number of hydrogen-bond donors (Lipinski definition) is 0. The zero-order chi connectivity index (χ0) is 28.9. The fourth-order valence-electron chi connectivity index (χ4n) is 5.64. The van der Waals surface area contributed by atoms with Crippen molar-refractivity contribution in [2.24, 2.45) is 0 Å². The third-order valence-corrected chi connectivity index (χ3v) is 7.51. The molecule has 0 N–H and O–H groups in total.